The summed E-state index contributed by atoms with van der Waals surface area (Å²) in [5.74, 6) is 0. The minimum atomic E-state index is -3.88. The Morgan fingerprint density at radius 1 is 0.552 bits per heavy atom. The van der Waals surface area contributed by atoms with E-state index in [1.54, 1.807) is 0 Å². The summed E-state index contributed by atoms with van der Waals surface area (Å²) in [6.45, 7) is 5.79. The smallest absolute Gasteiger partial charge is 0.284 e. The highest BCUT2D eigenvalue weighted by atomic mass is 35.5. The van der Waals surface area contributed by atoms with Gasteiger partial charge in [0.15, 0.2) is 0 Å². The fourth-order valence-corrected chi connectivity index (χ4v) is 5.32. The quantitative estimate of drug-likeness (QED) is 0.125. The number of alkyl halides is 6. The lowest BCUT2D eigenvalue weighted by molar-refractivity contribution is 0.0214. The van der Waals surface area contributed by atoms with Crippen LogP contribution in [0.2, 0.25) is 0 Å². The standard InChI is InChI=1S/C18H33Cl6O4P/c1-4-13(7-10-16(19)20)26-29(25,27-14(5-2)8-11-17(21)22)28-15(6-3)9-12-18(23)24/h13-18H,4-12H2,1-3H3. The van der Waals surface area contributed by atoms with Gasteiger partial charge in [0.1, 0.15) is 14.5 Å². The average molecular weight is 557 g/mol. The average Bonchev–Trinajstić information content (AvgIpc) is 2.65. The molecule has 3 atom stereocenters. The van der Waals surface area contributed by atoms with Crippen molar-refractivity contribution in [2.75, 3.05) is 0 Å². The number of phosphoric acid groups is 1. The fraction of sp³-hybridized carbons (Fsp3) is 1.00. The maximum absolute atomic E-state index is 13.6. The maximum atomic E-state index is 13.6. The molecule has 0 N–H and O–H groups in total. The zero-order chi connectivity index (χ0) is 22.4. The van der Waals surface area contributed by atoms with E-state index in [0.29, 0.717) is 57.8 Å². The Balaban J connectivity index is 5.32. The van der Waals surface area contributed by atoms with E-state index in [1.807, 2.05) is 20.8 Å². The lowest BCUT2D eigenvalue weighted by Gasteiger charge is -2.29. The predicted octanol–water partition coefficient (Wildman–Crippen LogP) is 9.23. The summed E-state index contributed by atoms with van der Waals surface area (Å²) in [6, 6.07) is 0. The van der Waals surface area contributed by atoms with Gasteiger partial charge in [-0.1, -0.05) is 20.8 Å². The van der Waals surface area contributed by atoms with Gasteiger partial charge in [-0.2, -0.15) is 0 Å². The molecule has 0 saturated heterocycles. The molecule has 0 spiro atoms. The van der Waals surface area contributed by atoms with E-state index in [9.17, 15) is 4.57 Å². The molecule has 0 rings (SSSR count). The predicted molar refractivity (Wildman–Crippen MR) is 127 cm³/mol. The molecule has 0 aromatic carbocycles. The molecule has 0 aliphatic carbocycles. The van der Waals surface area contributed by atoms with Crippen LogP contribution in [-0.4, -0.2) is 32.8 Å². The van der Waals surface area contributed by atoms with Crippen molar-refractivity contribution in [2.45, 2.75) is 111 Å². The minimum absolute atomic E-state index is 0.363. The number of hydrogen-bond acceptors (Lipinski definition) is 4. The Morgan fingerprint density at radius 2 is 0.793 bits per heavy atom. The molecule has 0 heterocycles. The second-order valence-electron chi connectivity index (χ2n) is 6.76. The van der Waals surface area contributed by atoms with Gasteiger partial charge in [0.2, 0.25) is 0 Å². The van der Waals surface area contributed by atoms with Crippen LogP contribution in [0.15, 0.2) is 0 Å². The second kappa shape index (κ2) is 17.3. The van der Waals surface area contributed by atoms with Crippen molar-refractivity contribution < 1.29 is 18.1 Å². The Morgan fingerprint density at radius 3 is 0.966 bits per heavy atom. The summed E-state index contributed by atoms with van der Waals surface area (Å²) >= 11 is 35.0. The highest BCUT2D eigenvalue weighted by molar-refractivity contribution is 7.48. The molecular formula is C18H33Cl6O4P. The zero-order valence-electron chi connectivity index (χ0n) is 17.2. The van der Waals surface area contributed by atoms with Gasteiger partial charge < -0.3 is 0 Å². The van der Waals surface area contributed by atoms with Gasteiger partial charge >= 0.3 is 7.82 Å². The summed E-state index contributed by atoms with van der Waals surface area (Å²) < 4.78 is 31.2. The molecule has 0 saturated carbocycles. The lowest BCUT2D eigenvalue weighted by Crippen LogP contribution is -2.21. The van der Waals surface area contributed by atoms with Crippen LogP contribution in [0.5, 0.6) is 0 Å². The molecule has 0 aromatic rings. The molecule has 0 amide bonds. The number of phosphoric ester groups is 1. The van der Waals surface area contributed by atoms with Crippen molar-refractivity contribution in [3.63, 3.8) is 0 Å². The van der Waals surface area contributed by atoms with Crippen LogP contribution in [0, 0.1) is 0 Å². The molecule has 4 nitrogen and oxygen atoms in total. The first-order chi connectivity index (χ1) is 13.5. The molecule has 0 aromatic heterocycles. The molecule has 176 valence electrons. The SMILES string of the molecule is CCC(CCC(Cl)Cl)OP(=O)(OC(CC)CCC(Cl)Cl)OC(CC)CCC(Cl)Cl. The number of halogens is 6. The third-order valence-corrected chi connectivity index (χ3v) is 7.30. The fourth-order valence-electron chi connectivity index (χ4n) is 2.55. The van der Waals surface area contributed by atoms with Crippen molar-refractivity contribution in [3.8, 4) is 0 Å². The largest absolute Gasteiger partial charge is 0.475 e. The van der Waals surface area contributed by atoms with Crippen LogP contribution in [0.3, 0.4) is 0 Å². The minimum Gasteiger partial charge on any atom is -0.284 e. The van der Waals surface area contributed by atoms with Gasteiger partial charge in [0.05, 0.1) is 18.3 Å². The van der Waals surface area contributed by atoms with E-state index in [-0.39, 0.29) is 18.3 Å². The van der Waals surface area contributed by atoms with Gasteiger partial charge in [0, 0.05) is 0 Å². The molecule has 0 radical (unpaired) electrons. The Hall–Kier alpha value is 1.85. The highest BCUT2D eigenvalue weighted by Crippen LogP contribution is 2.55. The van der Waals surface area contributed by atoms with Crippen LogP contribution < -0.4 is 0 Å². The van der Waals surface area contributed by atoms with Gasteiger partial charge in [-0.25, -0.2) is 4.57 Å². The van der Waals surface area contributed by atoms with Gasteiger partial charge in [-0.05, 0) is 57.8 Å². The molecule has 0 aliphatic heterocycles. The summed E-state index contributed by atoms with van der Waals surface area (Å²) in [6.07, 6.45) is 3.89. The molecule has 0 fully saturated rings. The number of rotatable bonds is 18. The number of hydrogen-bond donors (Lipinski definition) is 0. The van der Waals surface area contributed by atoms with Crippen molar-refractivity contribution >= 4 is 77.4 Å². The Bertz CT molecular complexity index is 394. The Kier molecular flexibility index (Phi) is 18.4. The van der Waals surface area contributed by atoms with Crippen molar-refractivity contribution in [1.29, 1.82) is 0 Å². The first kappa shape index (κ1) is 30.9. The van der Waals surface area contributed by atoms with E-state index in [2.05, 4.69) is 0 Å². The van der Waals surface area contributed by atoms with E-state index in [0.717, 1.165) is 0 Å². The molecule has 29 heavy (non-hydrogen) atoms. The normalized spacial score (nSPS) is 17.7. The van der Waals surface area contributed by atoms with Gasteiger partial charge in [-0.3, -0.25) is 13.6 Å². The van der Waals surface area contributed by atoms with E-state index in [1.165, 1.54) is 0 Å². The first-order valence-corrected chi connectivity index (χ1v) is 14.1. The van der Waals surface area contributed by atoms with Crippen LogP contribution in [-0.2, 0) is 18.1 Å². The molecule has 11 heteroatoms. The zero-order valence-corrected chi connectivity index (χ0v) is 22.6. The third kappa shape index (κ3) is 16.2. The van der Waals surface area contributed by atoms with Gasteiger partial charge in [-0.15, -0.1) is 69.6 Å². The monoisotopic (exact) mass is 554 g/mol. The van der Waals surface area contributed by atoms with Crippen LogP contribution in [0.4, 0.5) is 0 Å². The maximum Gasteiger partial charge on any atom is 0.475 e. The van der Waals surface area contributed by atoms with Gasteiger partial charge in [0.25, 0.3) is 0 Å². The molecule has 0 bridgehead atoms. The molecule has 0 aliphatic rings. The third-order valence-electron chi connectivity index (χ3n) is 4.32. The van der Waals surface area contributed by atoms with E-state index >= 15 is 0 Å². The summed E-state index contributed by atoms with van der Waals surface area (Å²) in [4.78, 5) is -1.56. The lowest BCUT2D eigenvalue weighted by atomic mass is 10.2. The van der Waals surface area contributed by atoms with E-state index in [4.69, 9.17) is 83.2 Å². The first-order valence-electron chi connectivity index (χ1n) is 10.0. The molecule has 3 unspecified atom stereocenters. The van der Waals surface area contributed by atoms with Crippen molar-refractivity contribution in [1.82, 2.24) is 0 Å². The van der Waals surface area contributed by atoms with Crippen molar-refractivity contribution in [2.24, 2.45) is 0 Å². The topological polar surface area (TPSA) is 44.8 Å². The highest BCUT2D eigenvalue weighted by Gasteiger charge is 2.36. The van der Waals surface area contributed by atoms with Crippen LogP contribution >= 0.6 is 77.4 Å². The molecular weight excluding hydrogens is 524 g/mol. The van der Waals surface area contributed by atoms with Crippen LogP contribution in [0.1, 0.15) is 78.6 Å². The van der Waals surface area contributed by atoms with Crippen LogP contribution in [0.25, 0.3) is 0 Å². The summed E-state index contributed by atoms with van der Waals surface area (Å²) in [5.41, 5.74) is 0. The van der Waals surface area contributed by atoms with Crippen molar-refractivity contribution in [3.05, 3.63) is 0 Å². The Labute approximate surface area is 206 Å². The summed E-state index contributed by atoms with van der Waals surface area (Å²) in [7, 11) is -3.88. The second-order valence-corrected chi connectivity index (χ2v) is 12.1. The van der Waals surface area contributed by atoms with E-state index < -0.39 is 22.3 Å². The summed E-state index contributed by atoms with van der Waals surface area (Å²) in [5, 5.41) is 0.